The van der Waals surface area contributed by atoms with Gasteiger partial charge in [0, 0.05) is 5.57 Å². The van der Waals surface area contributed by atoms with E-state index in [0.717, 1.165) is 5.56 Å². The first-order valence-electron chi connectivity index (χ1n) is 4.43. The molecule has 0 fully saturated rings. The summed E-state index contributed by atoms with van der Waals surface area (Å²) in [5.74, 6) is -1.20. The standard InChI is InChI=1S/C11H12N2O2/c12-10(14)7-9(11(13)15)6-8-4-2-1-3-5-8/h1-6H,7H2,(H2,12,14)(H2,13,15). The van der Waals surface area contributed by atoms with Crippen LogP contribution in [0.25, 0.3) is 6.08 Å². The van der Waals surface area contributed by atoms with Crippen LogP contribution >= 0.6 is 0 Å². The zero-order chi connectivity index (χ0) is 11.3. The Labute approximate surface area is 87.6 Å². The smallest absolute Gasteiger partial charge is 0.245 e. The average molecular weight is 204 g/mol. The quantitative estimate of drug-likeness (QED) is 0.697. The van der Waals surface area contributed by atoms with Crippen molar-refractivity contribution in [2.45, 2.75) is 6.42 Å². The Balaban J connectivity index is 2.94. The van der Waals surface area contributed by atoms with E-state index in [2.05, 4.69) is 0 Å². The van der Waals surface area contributed by atoms with Crippen molar-refractivity contribution in [3.8, 4) is 0 Å². The van der Waals surface area contributed by atoms with Crippen LogP contribution in [0.15, 0.2) is 35.9 Å². The molecule has 0 aliphatic rings. The Kier molecular flexibility index (Phi) is 3.62. The first kappa shape index (κ1) is 11.0. The summed E-state index contributed by atoms with van der Waals surface area (Å²) in [6, 6.07) is 9.13. The third-order valence-corrected chi connectivity index (χ3v) is 1.82. The largest absolute Gasteiger partial charge is 0.369 e. The van der Waals surface area contributed by atoms with Gasteiger partial charge < -0.3 is 11.5 Å². The maximum atomic E-state index is 11.0. The summed E-state index contributed by atoms with van der Waals surface area (Å²) in [6.45, 7) is 0. The third-order valence-electron chi connectivity index (χ3n) is 1.82. The topological polar surface area (TPSA) is 86.2 Å². The van der Waals surface area contributed by atoms with Gasteiger partial charge in [0.05, 0.1) is 6.42 Å². The number of nitrogens with two attached hydrogens (primary N) is 2. The minimum absolute atomic E-state index is 0.135. The number of carbonyl (C=O) groups excluding carboxylic acids is 2. The van der Waals surface area contributed by atoms with E-state index in [9.17, 15) is 9.59 Å². The predicted molar refractivity (Wildman–Crippen MR) is 57.4 cm³/mol. The fraction of sp³-hybridized carbons (Fsp3) is 0.0909. The van der Waals surface area contributed by atoms with E-state index in [0.29, 0.717) is 0 Å². The Bertz CT molecular complexity index is 396. The normalized spacial score (nSPS) is 11.1. The molecule has 0 heterocycles. The Morgan fingerprint density at radius 3 is 2.20 bits per heavy atom. The van der Waals surface area contributed by atoms with Gasteiger partial charge in [-0.3, -0.25) is 9.59 Å². The van der Waals surface area contributed by atoms with Crippen LogP contribution in [-0.4, -0.2) is 11.8 Å². The molecule has 0 unspecified atom stereocenters. The molecule has 0 aliphatic carbocycles. The molecule has 78 valence electrons. The minimum Gasteiger partial charge on any atom is -0.369 e. The Morgan fingerprint density at radius 2 is 1.73 bits per heavy atom. The molecule has 0 spiro atoms. The first-order chi connectivity index (χ1) is 7.09. The van der Waals surface area contributed by atoms with E-state index in [1.165, 1.54) is 0 Å². The van der Waals surface area contributed by atoms with Gasteiger partial charge in [-0.1, -0.05) is 30.3 Å². The molecule has 0 aliphatic heterocycles. The molecule has 0 aromatic heterocycles. The summed E-state index contributed by atoms with van der Waals surface area (Å²) in [5.41, 5.74) is 11.1. The van der Waals surface area contributed by atoms with Crippen molar-refractivity contribution < 1.29 is 9.59 Å². The van der Waals surface area contributed by atoms with Crippen LogP contribution in [0.2, 0.25) is 0 Å². The summed E-state index contributed by atoms with van der Waals surface area (Å²) in [6.07, 6.45) is 1.43. The maximum Gasteiger partial charge on any atom is 0.245 e. The van der Waals surface area contributed by atoms with Crippen molar-refractivity contribution in [2.24, 2.45) is 11.5 Å². The van der Waals surface area contributed by atoms with Gasteiger partial charge >= 0.3 is 0 Å². The highest BCUT2D eigenvalue weighted by Gasteiger charge is 2.08. The van der Waals surface area contributed by atoms with Gasteiger partial charge in [-0.05, 0) is 11.6 Å². The van der Waals surface area contributed by atoms with E-state index in [-0.39, 0.29) is 12.0 Å². The van der Waals surface area contributed by atoms with E-state index in [4.69, 9.17) is 11.5 Å². The van der Waals surface area contributed by atoms with Gasteiger partial charge in [0.2, 0.25) is 11.8 Å². The number of hydrogen-bond donors (Lipinski definition) is 2. The molecule has 1 aromatic carbocycles. The molecular weight excluding hydrogens is 192 g/mol. The fourth-order valence-corrected chi connectivity index (χ4v) is 1.15. The van der Waals surface area contributed by atoms with Crippen LogP contribution in [0, 0.1) is 0 Å². The lowest BCUT2D eigenvalue weighted by Crippen LogP contribution is -2.20. The molecule has 4 N–H and O–H groups in total. The van der Waals surface area contributed by atoms with E-state index in [1.807, 2.05) is 30.3 Å². The fourth-order valence-electron chi connectivity index (χ4n) is 1.15. The summed E-state index contributed by atoms with van der Waals surface area (Å²) >= 11 is 0. The second-order valence-corrected chi connectivity index (χ2v) is 3.09. The molecule has 0 bridgehead atoms. The van der Waals surface area contributed by atoms with Crippen molar-refractivity contribution >= 4 is 17.9 Å². The van der Waals surface area contributed by atoms with E-state index >= 15 is 0 Å². The van der Waals surface area contributed by atoms with Crippen LogP contribution in [0.4, 0.5) is 0 Å². The highest BCUT2D eigenvalue weighted by molar-refractivity contribution is 6.01. The summed E-state index contributed by atoms with van der Waals surface area (Å²) in [7, 11) is 0. The average Bonchev–Trinajstić information content (AvgIpc) is 2.17. The molecule has 1 aromatic rings. The molecule has 0 saturated heterocycles. The van der Waals surface area contributed by atoms with Crippen LogP contribution in [0.5, 0.6) is 0 Å². The van der Waals surface area contributed by atoms with Crippen molar-refractivity contribution in [3.05, 3.63) is 41.5 Å². The van der Waals surface area contributed by atoms with Crippen LogP contribution in [-0.2, 0) is 9.59 Å². The van der Waals surface area contributed by atoms with Crippen LogP contribution < -0.4 is 11.5 Å². The van der Waals surface area contributed by atoms with E-state index in [1.54, 1.807) is 6.08 Å². The van der Waals surface area contributed by atoms with Crippen molar-refractivity contribution in [3.63, 3.8) is 0 Å². The molecule has 0 radical (unpaired) electrons. The molecule has 2 amide bonds. The number of rotatable bonds is 4. The SMILES string of the molecule is NC(=O)CC(=Cc1ccccc1)C(N)=O. The first-order valence-corrected chi connectivity index (χ1v) is 4.43. The lowest BCUT2D eigenvalue weighted by molar-refractivity contribution is -0.120. The van der Waals surface area contributed by atoms with Gasteiger partial charge in [-0.2, -0.15) is 0 Å². The monoisotopic (exact) mass is 204 g/mol. The van der Waals surface area contributed by atoms with Crippen LogP contribution in [0.3, 0.4) is 0 Å². The number of benzene rings is 1. The number of primary amides is 2. The van der Waals surface area contributed by atoms with Gasteiger partial charge in [-0.15, -0.1) is 0 Å². The maximum absolute atomic E-state index is 11.0. The third kappa shape index (κ3) is 3.64. The second-order valence-electron chi connectivity index (χ2n) is 3.09. The lowest BCUT2D eigenvalue weighted by Gasteiger charge is -2.00. The Hall–Kier alpha value is -2.10. The number of carbonyl (C=O) groups is 2. The van der Waals surface area contributed by atoms with Crippen molar-refractivity contribution in [1.82, 2.24) is 0 Å². The summed E-state index contributed by atoms with van der Waals surface area (Å²) in [5, 5.41) is 0. The highest BCUT2D eigenvalue weighted by Crippen LogP contribution is 2.08. The molecular formula is C11H12N2O2. The minimum atomic E-state index is -0.627. The lowest BCUT2D eigenvalue weighted by atomic mass is 10.1. The van der Waals surface area contributed by atoms with E-state index < -0.39 is 11.8 Å². The van der Waals surface area contributed by atoms with Crippen molar-refractivity contribution in [1.29, 1.82) is 0 Å². The Morgan fingerprint density at radius 1 is 1.13 bits per heavy atom. The van der Waals surface area contributed by atoms with Crippen LogP contribution in [0.1, 0.15) is 12.0 Å². The van der Waals surface area contributed by atoms with Gasteiger partial charge in [-0.25, -0.2) is 0 Å². The van der Waals surface area contributed by atoms with Gasteiger partial charge in [0.25, 0.3) is 0 Å². The molecule has 0 atom stereocenters. The summed E-state index contributed by atoms with van der Waals surface area (Å²) in [4.78, 5) is 21.7. The summed E-state index contributed by atoms with van der Waals surface area (Å²) < 4.78 is 0. The molecule has 0 saturated carbocycles. The predicted octanol–water partition coefficient (Wildman–Crippen LogP) is 0.431. The molecule has 1 rings (SSSR count). The molecule has 15 heavy (non-hydrogen) atoms. The number of hydrogen-bond acceptors (Lipinski definition) is 2. The zero-order valence-corrected chi connectivity index (χ0v) is 8.14. The highest BCUT2D eigenvalue weighted by atomic mass is 16.2. The van der Waals surface area contributed by atoms with Gasteiger partial charge in [0.15, 0.2) is 0 Å². The van der Waals surface area contributed by atoms with Gasteiger partial charge in [0.1, 0.15) is 0 Å². The second kappa shape index (κ2) is 4.95. The zero-order valence-electron chi connectivity index (χ0n) is 8.14. The molecule has 4 nitrogen and oxygen atoms in total. The molecule has 4 heteroatoms. The van der Waals surface area contributed by atoms with Crippen molar-refractivity contribution in [2.75, 3.05) is 0 Å². The number of amides is 2.